The summed E-state index contributed by atoms with van der Waals surface area (Å²) in [5.74, 6) is 1.18. The van der Waals surface area contributed by atoms with Gasteiger partial charge in [0.25, 0.3) is 0 Å². The summed E-state index contributed by atoms with van der Waals surface area (Å²) >= 11 is 0. The van der Waals surface area contributed by atoms with Crippen LogP contribution in [0.4, 0.5) is 14.6 Å². The average Bonchev–Trinajstić information content (AvgIpc) is 3.01. The highest BCUT2D eigenvalue weighted by Gasteiger charge is 2.52. The molecule has 12 heteroatoms. The summed E-state index contributed by atoms with van der Waals surface area (Å²) in [5.41, 5.74) is 8.40. The fraction of sp³-hybridized carbons (Fsp3) is 0.441. The maximum atomic E-state index is 14.4. The molecule has 9 nitrogen and oxygen atoms in total. The van der Waals surface area contributed by atoms with E-state index in [1.165, 1.54) is 13.8 Å². The van der Waals surface area contributed by atoms with E-state index in [1.807, 2.05) is 49.5 Å². The number of hydrogen-bond donors (Lipinski definition) is 1. The first-order valence-electron chi connectivity index (χ1n) is 15.5. The highest BCUT2D eigenvalue weighted by molar-refractivity contribution is 7.55. The lowest BCUT2D eigenvalue weighted by Gasteiger charge is -2.25. The van der Waals surface area contributed by atoms with Gasteiger partial charge in [-0.3, -0.25) is 9.55 Å². The van der Waals surface area contributed by atoms with Crippen molar-refractivity contribution in [3.05, 3.63) is 70.9 Å². The maximum Gasteiger partial charge on any atom is 0.399 e. The van der Waals surface area contributed by atoms with Crippen LogP contribution in [-0.2, 0) is 42.4 Å². The van der Waals surface area contributed by atoms with E-state index in [9.17, 15) is 18.1 Å². The van der Waals surface area contributed by atoms with Crippen molar-refractivity contribution in [1.82, 2.24) is 9.97 Å². The number of pyridine rings is 2. The number of hydrogen-bond acceptors (Lipinski definition) is 9. The number of aromatic nitrogens is 2. The van der Waals surface area contributed by atoms with Gasteiger partial charge >= 0.3 is 13.3 Å². The topological polar surface area (TPSA) is 123 Å². The molecule has 0 amide bonds. The number of carbonyl (C=O) groups is 1. The van der Waals surface area contributed by atoms with Gasteiger partial charge in [-0.25, -0.2) is 4.98 Å². The third-order valence-electron chi connectivity index (χ3n) is 7.59. The number of fused-ring (bicyclic) bond motifs is 3. The summed E-state index contributed by atoms with van der Waals surface area (Å²) in [6.07, 6.45) is 3.76. The highest BCUT2D eigenvalue weighted by Crippen LogP contribution is 2.63. The summed E-state index contributed by atoms with van der Waals surface area (Å²) in [5, 5.41) is 1.92. The lowest BCUT2D eigenvalue weighted by Crippen LogP contribution is -2.23. The molecule has 0 spiro atoms. The number of benzene rings is 2. The first-order chi connectivity index (χ1) is 22.0. The Bertz CT molecular complexity index is 1710. The first-order valence-corrected chi connectivity index (χ1v) is 17.0. The molecule has 248 valence electrons. The fourth-order valence-corrected chi connectivity index (χ4v) is 6.64. The van der Waals surface area contributed by atoms with Crippen molar-refractivity contribution in [3.8, 4) is 5.75 Å². The van der Waals surface area contributed by atoms with E-state index in [-0.39, 0.29) is 38.8 Å². The molecule has 2 N–H and O–H groups in total. The van der Waals surface area contributed by atoms with Crippen molar-refractivity contribution in [1.29, 1.82) is 0 Å². The lowest BCUT2D eigenvalue weighted by molar-refractivity contribution is -0.116. The number of carbonyl (C=O) groups excluding carboxylic acids is 1. The van der Waals surface area contributed by atoms with Crippen LogP contribution in [0, 0.1) is 6.92 Å². The molecule has 0 saturated carbocycles. The van der Waals surface area contributed by atoms with Crippen molar-refractivity contribution < 1.29 is 36.7 Å². The van der Waals surface area contributed by atoms with E-state index in [1.54, 1.807) is 6.92 Å². The van der Waals surface area contributed by atoms with Crippen LogP contribution in [0.25, 0.3) is 21.8 Å². The molecule has 0 bridgehead atoms. The average molecular weight is 658 g/mol. The Balaban J connectivity index is 1.31. The Hall–Kier alpha value is -3.50. The van der Waals surface area contributed by atoms with Gasteiger partial charge in [0.15, 0.2) is 5.82 Å². The fourth-order valence-electron chi connectivity index (χ4n) is 5.15. The first kappa shape index (κ1) is 35.4. The van der Waals surface area contributed by atoms with Crippen LogP contribution in [-0.4, -0.2) is 54.4 Å². The minimum absolute atomic E-state index is 0.0911. The summed E-state index contributed by atoms with van der Waals surface area (Å²) in [6, 6.07) is 14.0. The number of ketones is 1. The molecule has 0 aliphatic carbocycles. The number of aryl methyl sites for hydroxylation is 4. The van der Waals surface area contributed by atoms with Crippen LogP contribution in [0.5, 0.6) is 5.75 Å². The van der Waals surface area contributed by atoms with Crippen LogP contribution in [0.15, 0.2) is 48.7 Å². The number of nitrogens with zero attached hydrogens (tertiary/aromatic N) is 2. The largest absolute Gasteiger partial charge is 0.491 e. The van der Waals surface area contributed by atoms with Crippen LogP contribution < -0.4 is 10.5 Å². The van der Waals surface area contributed by atoms with Gasteiger partial charge in [0.05, 0.1) is 31.9 Å². The number of nitrogen functional groups attached to an aromatic ring is 1. The Morgan fingerprint density at radius 2 is 1.70 bits per heavy atom. The lowest BCUT2D eigenvalue weighted by atomic mass is 9.99. The molecule has 2 aromatic carbocycles. The molecule has 2 aromatic heterocycles. The number of rotatable bonds is 18. The summed E-state index contributed by atoms with van der Waals surface area (Å²) in [6.45, 7) is 6.24. The molecule has 2 heterocycles. The van der Waals surface area contributed by atoms with Gasteiger partial charge in [-0.2, -0.15) is 8.78 Å². The maximum absolute atomic E-state index is 14.4. The number of alkyl halides is 2. The molecular formula is C34H42F2N3O6P. The number of anilines is 1. The quantitative estimate of drug-likeness (QED) is 0.0654. The second-order valence-electron chi connectivity index (χ2n) is 11.1. The van der Waals surface area contributed by atoms with E-state index >= 15 is 0 Å². The smallest absolute Gasteiger partial charge is 0.399 e. The Morgan fingerprint density at radius 3 is 2.39 bits per heavy atom. The van der Waals surface area contributed by atoms with Gasteiger partial charge in [0, 0.05) is 29.8 Å². The summed E-state index contributed by atoms with van der Waals surface area (Å²) in [4.78, 5) is 20.6. The second-order valence-corrected chi connectivity index (χ2v) is 13.3. The molecule has 0 fully saturated rings. The van der Waals surface area contributed by atoms with Gasteiger partial charge in [-0.05, 0) is 93.5 Å². The predicted molar refractivity (Wildman–Crippen MR) is 176 cm³/mol. The molecular weight excluding hydrogens is 615 g/mol. The second kappa shape index (κ2) is 15.9. The minimum atomic E-state index is -4.56. The Kier molecular flexibility index (Phi) is 12.2. The zero-order valence-electron chi connectivity index (χ0n) is 26.8. The standard InChI is InChI=1S/C34H42F2N3O6P/c1-5-44-46(41,45-6-2)34(35,36)15-16-42-17-18-43-28-13-12-27(23(3)19-28)11-9-26-20-30-29-14-10-25(8-7-24(4)40)21-31(29)39-33(37)32(30)38-22-26/h10,12-14,19-22H,5-9,11,15-18H2,1-4H3,(H2,37,39). The normalized spacial score (nSPS) is 12.2. The molecule has 0 aliphatic heterocycles. The van der Waals surface area contributed by atoms with E-state index in [0.29, 0.717) is 29.9 Å². The third-order valence-corrected chi connectivity index (χ3v) is 9.81. The van der Waals surface area contributed by atoms with Gasteiger partial charge in [-0.15, -0.1) is 0 Å². The van der Waals surface area contributed by atoms with Crippen LogP contribution >= 0.6 is 7.60 Å². The zero-order chi connectivity index (χ0) is 33.3. The van der Waals surface area contributed by atoms with E-state index < -0.39 is 19.7 Å². The molecule has 0 unspecified atom stereocenters. The van der Waals surface area contributed by atoms with Gasteiger partial charge in [0.1, 0.15) is 23.7 Å². The molecule has 0 saturated heterocycles. The van der Waals surface area contributed by atoms with Crippen LogP contribution in [0.2, 0.25) is 0 Å². The summed E-state index contributed by atoms with van der Waals surface area (Å²) < 4.78 is 61.9. The van der Waals surface area contributed by atoms with Gasteiger partial charge in [-0.1, -0.05) is 18.2 Å². The van der Waals surface area contributed by atoms with Gasteiger partial charge < -0.3 is 29.0 Å². The molecule has 0 aliphatic rings. The highest BCUT2D eigenvalue weighted by atomic mass is 31.2. The molecule has 46 heavy (non-hydrogen) atoms. The molecule has 0 atom stereocenters. The number of Topliss-reactive ketones (excluding diaryl/α,β-unsaturated/α-hetero) is 1. The Morgan fingerprint density at radius 1 is 0.935 bits per heavy atom. The van der Waals surface area contributed by atoms with E-state index in [4.69, 9.17) is 24.3 Å². The third kappa shape index (κ3) is 8.85. The van der Waals surface area contributed by atoms with Crippen molar-refractivity contribution in [2.24, 2.45) is 0 Å². The predicted octanol–water partition coefficient (Wildman–Crippen LogP) is 7.62. The van der Waals surface area contributed by atoms with Crippen molar-refractivity contribution >= 4 is 41.0 Å². The monoisotopic (exact) mass is 657 g/mol. The molecule has 0 radical (unpaired) electrons. The van der Waals surface area contributed by atoms with Gasteiger partial charge in [0.2, 0.25) is 0 Å². The van der Waals surface area contributed by atoms with Crippen molar-refractivity contribution in [2.75, 3.05) is 38.8 Å². The van der Waals surface area contributed by atoms with Crippen LogP contribution in [0.1, 0.15) is 55.9 Å². The number of nitrogens with two attached hydrogens (primary N) is 1. The molecule has 4 aromatic rings. The minimum Gasteiger partial charge on any atom is -0.491 e. The van der Waals surface area contributed by atoms with Crippen molar-refractivity contribution in [2.45, 2.75) is 65.5 Å². The number of halogens is 2. The summed E-state index contributed by atoms with van der Waals surface area (Å²) in [7, 11) is -4.56. The zero-order valence-corrected chi connectivity index (χ0v) is 27.7. The Labute approximate surface area is 268 Å². The van der Waals surface area contributed by atoms with Crippen LogP contribution in [0.3, 0.4) is 0 Å². The SMILES string of the molecule is CCOP(=O)(OCC)C(F)(F)CCOCCOc1ccc(CCc2cnc3c(N)nc4cc(CCC(C)=O)ccc4c3c2)c(C)c1. The molecule has 4 rings (SSSR count). The van der Waals surface area contributed by atoms with E-state index in [0.717, 1.165) is 51.4 Å². The van der Waals surface area contributed by atoms with Crippen molar-refractivity contribution in [3.63, 3.8) is 0 Å². The van der Waals surface area contributed by atoms with E-state index in [2.05, 4.69) is 16.0 Å². The number of ether oxygens (including phenoxy) is 2.